The standard InChI is InChI=1S/C15H15FN4O2S/c16-7-1-9-23(21,22)20-12-4-2-11(3-5-12)14-13-6-8-17-15(13)19-10-18-14/h2-6,8,10,20H,1,7,9H2,(H,17,18,19). The maximum Gasteiger partial charge on any atom is 0.232 e. The summed E-state index contributed by atoms with van der Waals surface area (Å²) < 4.78 is 38.0. The molecule has 23 heavy (non-hydrogen) atoms. The van der Waals surface area contributed by atoms with E-state index in [2.05, 4.69) is 19.7 Å². The summed E-state index contributed by atoms with van der Waals surface area (Å²) in [5.74, 6) is -0.235. The van der Waals surface area contributed by atoms with Gasteiger partial charge in [0.15, 0.2) is 0 Å². The van der Waals surface area contributed by atoms with Crippen molar-refractivity contribution in [3.05, 3.63) is 42.9 Å². The van der Waals surface area contributed by atoms with E-state index in [0.717, 1.165) is 22.3 Å². The average Bonchev–Trinajstić information content (AvgIpc) is 3.02. The number of aromatic nitrogens is 3. The number of nitrogens with zero attached hydrogens (tertiary/aromatic N) is 2. The second kappa shape index (κ2) is 6.33. The highest BCUT2D eigenvalue weighted by molar-refractivity contribution is 7.92. The molecule has 0 spiro atoms. The number of anilines is 1. The first-order chi connectivity index (χ1) is 11.1. The van der Waals surface area contributed by atoms with Crippen LogP contribution in [0, 0.1) is 0 Å². The Morgan fingerprint density at radius 2 is 1.91 bits per heavy atom. The van der Waals surface area contributed by atoms with Gasteiger partial charge >= 0.3 is 0 Å². The first kappa shape index (κ1) is 15.4. The van der Waals surface area contributed by atoms with Crippen molar-refractivity contribution in [2.24, 2.45) is 0 Å². The average molecular weight is 334 g/mol. The number of alkyl halides is 1. The lowest BCUT2D eigenvalue weighted by atomic mass is 10.1. The largest absolute Gasteiger partial charge is 0.346 e. The van der Waals surface area contributed by atoms with Crippen LogP contribution in [0.4, 0.5) is 10.1 Å². The van der Waals surface area contributed by atoms with Gasteiger partial charge in [-0.25, -0.2) is 18.4 Å². The van der Waals surface area contributed by atoms with Crippen LogP contribution in [0.25, 0.3) is 22.3 Å². The van der Waals surface area contributed by atoms with Crippen molar-refractivity contribution in [1.82, 2.24) is 15.0 Å². The molecule has 2 aromatic heterocycles. The molecule has 0 amide bonds. The summed E-state index contributed by atoms with van der Waals surface area (Å²) >= 11 is 0. The molecule has 0 bridgehead atoms. The van der Waals surface area contributed by atoms with Gasteiger partial charge in [-0.15, -0.1) is 0 Å². The number of nitrogens with one attached hydrogen (secondary N) is 2. The van der Waals surface area contributed by atoms with Crippen LogP contribution < -0.4 is 4.72 Å². The van der Waals surface area contributed by atoms with Gasteiger partial charge in [-0.1, -0.05) is 12.1 Å². The van der Waals surface area contributed by atoms with Crippen molar-refractivity contribution < 1.29 is 12.8 Å². The number of rotatable bonds is 6. The summed E-state index contributed by atoms with van der Waals surface area (Å²) in [4.78, 5) is 11.4. The highest BCUT2D eigenvalue weighted by Gasteiger charge is 2.11. The quantitative estimate of drug-likeness (QED) is 0.725. The molecule has 0 atom stereocenters. The van der Waals surface area contributed by atoms with Crippen LogP contribution in [0.2, 0.25) is 0 Å². The molecule has 0 aliphatic heterocycles. The Morgan fingerprint density at radius 3 is 2.65 bits per heavy atom. The molecule has 120 valence electrons. The monoisotopic (exact) mass is 334 g/mol. The van der Waals surface area contributed by atoms with Gasteiger partial charge in [0.25, 0.3) is 0 Å². The van der Waals surface area contributed by atoms with E-state index < -0.39 is 16.7 Å². The number of benzene rings is 1. The molecular formula is C15H15FN4O2S. The molecule has 3 aromatic rings. The molecule has 0 unspecified atom stereocenters. The molecule has 2 heterocycles. The van der Waals surface area contributed by atoms with Gasteiger partial charge in [-0.3, -0.25) is 9.11 Å². The Balaban J connectivity index is 1.84. The number of H-pyrrole nitrogens is 1. The van der Waals surface area contributed by atoms with E-state index in [1.54, 1.807) is 30.5 Å². The lowest BCUT2D eigenvalue weighted by Crippen LogP contribution is -2.16. The van der Waals surface area contributed by atoms with Gasteiger partial charge in [-0.2, -0.15) is 0 Å². The topological polar surface area (TPSA) is 87.7 Å². The van der Waals surface area contributed by atoms with Crippen LogP contribution in [-0.2, 0) is 10.0 Å². The van der Waals surface area contributed by atoms with E-state index in [1.165, 1.54) is 6.33 Å². The van der Waals surface area contributed by atoms with Gasteiger partial charge in [0.05, 0.1) is 18.1 Å². The fraction of sp³-hybridized carbons (Fsp3) is 0.200. The molecule has 0 saturated carbocycles. The molecule has 0 fully saturated rings. The van der Waals surface area contributed by atoms with E-state index in [-0.39, 0.29) is 12.2 Å². The van der Waals surface area contributed by atoms with Crippen molar-refractivity contribution in [1.29, 1.82) is 0 Å². The van der Waals surface area contributed by atoms with E-state index in [9.17, 15) is 12.8 Å². The fourth-order valence-corrected chi connectivity index (χ4v) is 3.36. The van der Waals surface area contributed by atoms with Crippen molar-refractivity contribution in [3.8, 4) is 11.3 Å². The summed E-state index contributed by atoms with van der Waals surface area (Å²) in [6, 6.07) is 8.76. The first-order valence-electron chi connectivity index (χ1n) is 7.04. The highest BCUT2D eigenvalue weighted by Crippen LogP contribution is 2.26. The van der Waals surface area contributed by atoms with Crippen LogP contribution >= 0.6 is 0 Å². The first-order valence-corrected chi connectivity index (χ1v) is 8.69. The number of sulfonamides is 1. The number of hydrogen-bond acceptors (Lipinski definition) is 4. The van der Waals surface area contributed by atoms with Gasteiger partial charge in [0, 0.05) is 22.8 Å². The SMILES string of the molecule is O=S(=O)(CCCF)Nc1ccc(-c2ncnc3[nH]ccc23)cc1. The van der Waals surface area contributed by atoms with Crippen LogP contribution in [0.3, 0.4) is 0 Å². The molecule has 2 N–H and O–H groups in total. The van der Waals surface area contributed by atoms with Gasteiger partial charge in [0.1, 0.15) is 12.0 Å². The minimum atomic E-state index is -3.52. The zero-order valence-corrected chi connectivity index (χ0v) is 13.0. The maximum atomic E-state index is 12.1. The lowest BCUT2D eigenvalue weighted by Gasteiger charge is -2.08. The van der Waals surface area contributed by atoms with Crippen LogP contribution in [0.1, 0.15) is 6.42 Å². The minimum absolute atomic E-state index is 0.0141. The van der Waals surface area contributed by atoms with E-state index in [4.69, 9.17) is 0 Å². The Labute approximate surface area is 132 Å². The van der Waals surface area contributed by atoms with Crippen LogP contribution in [0.15, 0.2) is 42.9 Å². The third-order valence-electron chi connectivity index (χ3n) is 3.33. The summed E-state index contributed by atoms with van der Waals surface area (Å²) in [5, 5.41) is 0.892. The van der Waals surface area contributed by atoms with E-state index in [0.29, 0.717) is 5.69 Å². The Hall–Kier alpha value is -2.48. The summed E-state index contributed by atoms with van der Waals surface area (Å²) in [5.41, 5.74) is 2.80. The minimum Gasteiger partial charge on any atom is -0.346 e. The zero-order chi connectivity index (χ0) is 16.3. The molecule has 0 aliphatic rings. The third kappa shape index (κ3) is 3.48. The van der Waals surface area contributed by atoms with Crippen molar-refractivity contribution >= 4 is 26.7 Å². The second-order valence-corrected chi connectivity index (χ2v) is 6.84. The van der Waals surface area contributed by atoms with E-state index >= 15 is 0 Å². The third-order valence-corrected chi connectivity index (χ3v) is 4.71. The number of aromatic amines is 1. The predicted molar refractivity (Wildman–Crippen MR) is 87.3 cm³/mol. The normalized spacial score (nSPS) is 11.7. The smallest absolute Gasteiger partial charge is 0.232 e. The summed E-state index contributed by atoms with van der Waals surface area (Å²) in [6.07, 6.45) is 3.25. The highest BCUT2D eigenvalue weighted by atomic mass is 32.2. The summed E-state index contributed by atoms with van der Waals surface area (Å²) in [6.45, 7) is -0.653. The Kier molecular flexibility index (Phi) is 4.24. The van der Waals surface area contributed by atoms with Crippen molar-refractivity contribution in [2.75, 3.05) is 17.1 Å². The molecule has 0 aliphatic carbocycles. The Morgan fingerprint density at radius 1 is 1.13 bits per heavy atom. The van der Waals surface area contributed by atoms with Crippen LogP contribution in [-0.4, -0.2) is 35.8 Å². The maximum absolute atomic E-state index is 12.1. The zero-order valence-electron chi connectivity index (χ0n) is 12.2. The second-order valence-electron chi connectivity index (χ2n) is 5.00. The van der Waals surface area contributed by atoms with E-state index in [1.807, 2.05) is 6.07 Å². The molecule has 1 aromatic carbocycles. The number of hydrogen-bond donors (Lipinski definition) is 2. The fourth-order valence-electron chi connectivity index (χ4n) is 2.27. The summed E-state index contributed by atoms with van der Waals surface area (Å²) in [7, 11) is -3.52. The van der Waals surface area contributed by atoms with Crippen molar-refractivity contribution in [3.63, 3.8) is 0 Å². The Bertz CT molecular complexity index is 907. The molecule has 0 radical (unpaired) electrons. The van der Waals surface area contributed by atoms with Gasteiger partial charge in [-0.05, 0) is 24.6 Å². The molecule has 3 rings (SSSR count). The molecule has 0 saturated heterocycles. The van der Waals surface area contributed by atoms with Gasteiger partial charge < -0.3 is 4.98 Å². The molecule has 6 nitrogen and oxygen atoms in total. The predicted octanol–water partition coefficient (Wildman–Crippen LogP) is 2.73. The molecular weight excluding hydrogens is 319 g/mol. The number of fused-ring (bicyclic) bond motifs is 1. The lowest BCUT2D eigenvalue weighted by molar-refractivity contribution is 0.484. The molecule has 8 heteroatoms. The number of halogens is 1. The van der Waals surface area contributed by atoms with Gasteiger partial charge in [0.2, 0.25) is 10.0 Å². The van der Waals surface area contributed by atoms with Crippen molar-refractivity contribution in [2.45, 2.75) is 6.42 Å². The van der Waals surface area contributed by atoms with Crippen LogP contribution in [0.5, 0.6) is 0 Å².